The molecule has 0 saturated heterocycles. The molecule has 0 saturated carbocycles. The zero-order valence-electron chi connectivity index (χ0n) is 15.1. The van der Waals surface area contributed by atoms with Gasteiger partial charge in [0.25, 0.3) is 0 Å². The number of nitrogens with one attached hydrogen (secondary N) is 1. The van der Waals surface area contributed by atoms with E-state index in [-0.39, 0.29) is 22.6 Å². The Kier molecular flexibility index (Phi) is 5.97. The highest BCUT2D eigenvalue weighted by Gasteiger charge is 2.38. The van der Waals surface area contributed by atoms with E-state index in [1.165, 1.54) is 21.3 Å². The lowest BCUT2D eigenvalue weighted by Crippen LogP contribution is -2.32. The van der Waals surface area contributed by atoms with Gasteiger partial charge in [-0.2, -0.15) is 0 Å². The fraction of sp³-hybridized carbons (Fsp3) is 0.333. The lowest BCUT2D eigenvalue weighted by Gasteiger charge is -2.30. The minimum atomic E-state index is -0.748. The number of rotatable bonds is 4. The molecule has 1 aliphatic rings. The summed E-state index contributed by atoms with van der Waals surface area (Å²) in [6.07, 6.45) is 0. The maximum Gasteiger partial charge on any atom is 0.336 e. The Morgan fingerprint density at radius 3 is 1.96 bits per heavy atom. The number of hydrogen-bond acceptors (Lipinski definition) is 7. The summed E-state index contributed by atoms with van der Waals surface area (Å²) in [7, 11) is 3.96. The SMILES string of the molecule is COC(=O)C1=C(C)NC(C)=C(C(=O)OC)C1c1cc(Br)c(O)c(OC)c1. The Labute approximate surface area is 159 Å². The van der Waals surface area contributed by atoms with Crippen molar-refractivity contribution in [3.8, 4) is 11.5 Å². The fourth-order valence-electron chi connectivity index (χ4n) is 3.00. The van der Waals surface area contributed by atoms with Crippen LogP contribution < -0.4 is 10.1 Å². The van der Waals surface area contributed by atoms with E-state index in [0.29, 0.717) is 21.4 Å². The molecular formula is C18H20BrNO6. The predicted octanol–water partition coefficient (Wildman–Crippen LogP) is 2.74. The minimum Gasteiger partial charge on any atom is -0.503 e. The van der Waals surface area contributed by atoms with E-state index in [0.717, 1.165) is 0 Å². The van der Waals surface area contributed by atoms with Crippen LogP contribution in [0.4, 0.5) is 0 Å². The van der Waals surface area contributed by atoms with Gasteiger partial charge in [0.15, 0.2) is 11.5 Å². The maximum absolute atomic E-state index is 12.4. The highest BCUT2D eigenvalue weighted by molar-refractivity contribution is 9.10. The van der Waals surface area contributed by atoms with Gasteiger partial charge in [-0.3, -0.25) is 0 Å². The lowest BCUT2D eigenvalue weighted by molar-refractivity contribution is -0.137. The van der Waals surface area contributed by atoms with E-state index in [1.807, 2.05) is 0 Å². The summed E-state index contributed by atoms with van der Waals surface area (Å²) in [6, 6.07) is 3.20. The number of allylic oxidation sites excluding steroid dienone is 2. The molecule has 2 N–H and O–H groups in total. The molecule has 8 heteroatoms. The average Bonchev–Trinajstić information content (AvgIpc) is 2.62. The molecule has 26 heavy (non-hydrogen) atoms. The van der Waals surface area contributed by atoms with Crippen LogP contribution in [0.15, 0.2) is 39.1 Å². The van der Waals surface area contributed by atoms with Crippen molar-refractivity contribution in [3.63, 3.8) is 0 Å². The first-order valence-corrected chi connectivity index (χ1v) is 8.47. The van der Waals surface area contributed by atoms with Crippen molar-refractivity contribution >= 4 is 27.9 Å². The van der Waals surface area contributed by atoms with E-state index in [4.69, 9.17) is 14.2 Å². The zero-order valence-corrected chi connectivity index (χ0v) is 16.7. The number of dihydropyridines is 1. The first-order valence-electron chi connectivity index (χ1n) is 7.68. The van der Waals surface area contributed by atoms with Crippen molar-refractivity contribution in [2.45, 2.75) is 19.8 Å². The molecule has 0 aliphatic carbocycles. The predicted molar refractivity (Wildman–Crippen MR) is 97.7 cm³/mol. The quantitative estimate of drug-likeness (QED) is 0.716. The lowest BCUT2D eigenvalue weighted by atomic mass is 9.80. The van der Waals surface area contributed by atoms with Gasteiger partial charge in [0.05, 0.1) is 42.9 Å². The van der Waals surface area contributed by atoms with Crippen molar-refractivity contribution in [3.05, 3.63) is 44.7 Å². The number of halogens is 1. The highest BCUT2D eigenvalue weighted by atomic mass is 79.9. The summed E-state index contributed by atoms with van der Waals surface area (Å²) in [5.74, 6) is -1.77. The molecule has 1 heterocycles. The normalized spacial score (nSPS) is 14.8. The van der Waals surface area contributed by atoms with Crippen LogP contribution in [0.1, 0.15) is 25.3 Å². The van der Waals surface area contributed by atoms with E-state index in [2.05, 4.69) is 21.2 Å². The number of hydrogen-bond donors (Lipinski definition) is 2. The van der Waals surface area contributed by atoms with Gasteiger partial charge >= 0.3 is 11.9 Å². The van der Waals surface area contributed by atoms with Gasteiger partial charge in [0.1, 0.15) is 0 Å². The summed E-state index contributed by atoms with van der Waals surface area (Å²) >= 11 is 3.27. The smallest absolute Gasteiger partial charge is 0.336 e. The van der Waals surface area contributed by atoms with E-state index in [9.17, 15) is 14.7 Å². The van der Waals surface area contributed by atoms with Crippen molar-refractivity contribution in [2.75, 3.05) is 21.3 Å². The fourth-order valence-corrected chi connectivity index (χ4v) is 3.46. The number of esters is 2. The van der Waals surface area contributed by atoms with Gasteiger partial charge in [-0.05, 0) is 47.5 Å². The molecule has 2 rings (SSSR count). The molecule has 0 radical (unpaired) electrons. The van der Waals surface area contributed by atoms with Crippen molar-refractivity contribution in [1.82, 2.24) is 5.32 Å². The van der Waals surface area contributed by atoms with Crippen molar-refractivity contribution in [1.29, 1.82) is 0 Å². The average molecular weight is 426 g/mol. The molecule has 1 aliphatic heterocycles. The van der Waals surface area contributed by atoms with Crippen molar-refractivity contribution in [2.24, 2.45) is 0 Å². The molecule has 0 bridgehead atoms. The van der Waals surface area contributed by atoms with Crippen LogP contribution >= 0.6 is 15.9 Å². The van der Waals surface area contributed by atoms with Crippen LogP contribution in [-0.2, 0) is 19.1 Å². The zero-order chi connectivity index (χ0) is 19.6. The Morgan fingerprint density at radius 2 is 1.54 bits per heavy atom. The third-order valence-electron chi connectivity index (χ3n) is 4.17. The Morgan fingerprint density at radius 1 is 1.04 bits per heavy atom. The largest absolute Gasteiger partial charge is 0.503 e. The van der Waals surface area contributed by atoms with Crippen LogP contribution in [0.2, 0.25) is 0 Å². The topological polar surface area (TPSA) is 94.1 Å². The molecular weight excluding hydrogens is 406 g/mol. The van der Waals surface area contributed by atoms with E-state index in [1.54, 1.807) is 26.0 Å². The van der Waals surface area contributed by atoms with Crippen LogP contribution in [-0.4, -0.2) is 38.4 Å². The Hall–Kier alpha value is -2.48. The molecule has 0 spiro atoms. The number of benzene rings is 1. The highest BCUT2D eigenvalue weighted by Crippen LogP contribution is 2.44. The maximum atomic E-state index is 12.4. The summed E-state index contributed by atoms with van der Waals surface area (Å²) < 4.78 is 15.4. The summed E-state index contributed by atoms with van der Waals surface area (Å²) in [5.41, 5.74) is 2.24. The molecule has 1 aromatic carbocycles. The number of aromatic hydroxyl groups is 1. The molecule has 0 aromatic heterocycles. The first-order chi connectivity index (χ1) is 12.3. The molecule has 140 valence electrons. The second kappa shape index (κ2) is 7.82. The van der Waals surface area contributed by atoms with Gasteiger partial charge in [-0.25, -0.2) is 9.59 Å². The summed E-state index contributed by atoms with van der Waals surface area (Å²) in [4.78, 5) is 24.9. The molecule has 0 unspecified atom stereocenters. The first kappa shape index (κ1) is 19.8. The number of methoxy groups -OCH3 is 3. The van der Waals surface area contributed by atoms with E-state index < -0.39 is 17.9 Å². The summed E-state index contributed by atoms with van der Waals surface area (Å²) in [5, 5.41) is 13.1. The number of carbonyl (C=O) groups is 2. The summed E-state index contributed by atoms with van der Waals surface area (Å²) in [6.45, 7) is 3.45. The Bertz CT molecular complexity index is 789. The van der Waals surface area contributed by atoms with Gasteiger partial charge in [0, 0.05) is 11.4 Å². The monoisotopic (exact) mass is 425 g/mol. The third-order valence-corrected chi connectivity index (χ3v) is 4.78. The van der Waals surface area contributed by atoms with Gasteiger partial charge in [0.2, 0.25) is 0 Å². The molecule has 1 aromatic rings. The van der Waals surface area contributed by atoms with Crippen LogP contribution in [0.5, 0.6) is 11.5 Å². The van der Waals surface area contributed by atoms with Crippen LogP contribution in [0.25, 0.3) is 0 Å². The number of phenols is 1. The molecule has 0 atom stereocenters. The van der Waals surface area contributed by atoms with Gasteiger partial charge < -0.3 is 24.6 Å². The van der Waals surface area contributed by atoms with Gasteiger partial charge in [-0.1, -0.05) is 0 Å². The van der Waals surface area contributed by atoms with Crippen LogP contribution in [0.3, 0.4) is 0 Å². The second-order valence-electron chi connectivity index (χ2n) is 5.67. The number of carbonyl (C=O) groups excluding carboxylic acids is 2. The van der Waals surface area contributed by atoms with Gasteiger partial charge in [-0.15, -0.1) is 0 Å². The molecule has 0 amide bonds. The standard InChI is InChI=1S/C18H20BrNO6/c1-8-13(17(22)25-4)15(14(9(2)20-8)18(23)26-5)10-6-11(19)16(21)12(7-10)24-3/h6-7,15,20-21H,1-5H3. The number of phenolic OH excluding ortho intramolecular Hbond substituents is 1. The van der Waals surface area contributed by atoms with Crippen molar-refractivity contribution < 1.29 is 28.9 Å². The second-order valence-corrected chi connectivity index (χ2v) is 6.53. The third kappa shape index (κ3) is 3.41. The molecule has 0 fully saturated rings. The molecule has 7 nitrogen and oxygen atoms in total. The Balaban J connectivity index is 2.79. The minimum absolute atomic E-state index is 0.0779. The number of ether oxygens (including phenoxy) is 3. The van der Waals surface area contributed by atoms with E-state index >= 15 is 0 Å². The van der Waals surface area contributed by atoms with Crippen LogP contribution in [0, 0.1) is 0 Å².